The first-order chi connectivity index (χ1) is 25.6. The zero-order chi connectivity index (χ0) is 39.6. The summed E-state index contributed by atoms with van der Waals surface area (Å²) in [5.74, 6) is -4.50. The van der Waals surface area contributed by atoms with Crippen molar-refractivity contribution in [2.24, 2.45) is 5.92 Å². The molecule has 4 atom stereocenters. The number of ketones is 1. The molecular formula is C40H52N6O8. The average molecular weight is 745 g/mol. The number of hydrogen-bond acceptors (Lipinski definition) is 8. The van der Waals surface area contributed by atoms with E-state index in [1.807, 2.05) is 24.3 Å². The summed E-state index contributed by atoms with van der Waals surface area (Å²) in [6.45, 7) is 8.52. The minimum Gasteiger partial charge on any atom is -0.444 e. The Bertz CT molecular complexity index is 1700. The van der Waals surface area contributed by atoms with E-state index in [0.29, 0.717) is 31.2 Å². The summed E-state index contributed by atoms with van der Waals surface area (Å²) in [5.41, 5.74) is 1.91. The van der Waals surface area contributed by atoms with Crippen LogP contribution in [0.1, 0.15) is 69.2 Å². The molecule has 1 saturated heterocycles. The number of hydrogen-bond donors (Lipinski definition) is 4. The lowest BCUT2D eigenvalue weighted by molar-refractivity contribution is -0.143. The van der Waals surface area contributed by atoms with Crippen LogP contribution in [0.3, 0.4) is 0 Å². The second-order valence-corrected chi connectivity index (χ2v) is 14.9. The van der Waals surface area contributed by atoms with Crippen LogP contribution in [0.4, 0.5) is 4.79 Å². The van der Waals surface area contributed by atoms with E-state index in [2.05, 4.69) is 27.8 Å². The normalized spacial score (nSPS) is 16.9. The van der Waals surface area contributed by atoms with Gasteiger partial charge in [-0.25, -0.2) is 4.79 Å². The van der Waals surface area contributed by atoms with Crippen molar-refractivity contribution >= 4 is 41.4 Å². The third-order valence-corrected chi connectivity index (χ3v) is 9.38. The van der Waals surface area contributed by atoms with Gasteiger partial charge in [-0.1, -0.05) is 60.7 Å². The van der Waals surface area contributed by atoms with Gasteiger partial charge in [0.05, 0.1) is 12.6 Å². The number of benzene rings is 2. The number of amides is 6. The fraction of sp³-hybridized carbons (Fsp3) is 0.475. The first kappa shape index (κ1) is 41.2. The molecule has 2 aromatic carbocycles. The largest absolute Gasteiger partial charge is 0.444 e. The summed E-state index contributed by atoms with van der Waals surface area (Å²) in [5, 5.41) is 10.4. The van der Waals surface area contributed by atoms with Crippen LogP contribution in [0.2, 0.25) is 0 Å². The summed E-state index contributed by atoms with van der Waals surface area (Å²) < 4.78 is 5.50. The van der Waals surface area contributed by atoms with E-state index in [1.54, 1.807) is 71.3 Å². The maximum absolute atomic E-state index is 14.3. The fourth-order valence-electron chi connectivity index (χ4n) is 6.76. The van der Waals surface area contributed by atoms with Crippen molar-refractivity contribution in [3.8, 4) is 0 Å². The lowest BCUT2D eigenvalue weighted by atomic mass is 9.95. The lowest BCUT2D eigenvalue weighted by Crippen LogP contribution is -2.58. The van der Waals surface area contributed by atoms with Crippen molar-refractivity contribution in [3.05, 3.63) is 83.9 Å². The van der Waals surface area contributed by atoms with E-state index in [9.17, 15) is 33.6 Å². The van der Waals surface area contributed by atoms with Crippen molar-refractivity contribution < 1.29 is 38.3 Å². The Morgan fingerprint density at radius 1 is 0.926 bits per heavy atom. The number of likely N-dealkylation sites (N-methyl/N-ethyl adjacent to an activating group) is 1. The van der Waals surface area contributed by atoms with Crippen LogP contribution in [0.5, 0.6) is 0 Å². The van der Waals surface area contributed by atoms with Gasteiger partial charge in [0, 0.05) is 20.6 Å². The number of rotatable bonds is 15. The molecule has 1 aliphatic carbocycles. The Morgan fingerprint density at radius 3 is 2.15 bits per heavy atom. The highest BCUT2D eigenvalue weighted by molar-refractivity contribution is 6.38. The van der Waals surface area contributed by atoms with Crippen molar-refractivity contribution in [3.63, 3.8) is 0 Å². The molecule has 1 heterocycles. The highest BCUT2D eigenvalue weighted by Crippen LogP contribution is 2.31. The number of fused-ring (bicyclic) bond motifs is 1. The molecule has 14 nitrogen and oxygen atoms in total. The van der Waals surface area contributed by atoms with E-state index in [1.165, 1.54) is 9.80 Å². The predicted octanol–water partition coefficient (Wildman–Crippen LogP) is 2.37. The maximum Gasteiger partial charge on any atom is 0.408 e. The molecule has 14 heteroatoms. The van der Waals surface area contributed by atoms with Crippen LogP contribution in [0.25, 0.3) is 0 Å². The van der Waals surface area contributed by atoms with Gasteiger partial charge in [-0.3, -0.25) is 28.8 Å². The zero-order valence-electron chi connectivity index (χ0n) is 31.7. The average Bonchev–Trinajstić information content (AvgIpc) is 3.80. The number of likely N-dealkylation sites (tertiary alicyclic amines) is 1. The molecular weight excluding hydrogens is 692 g/mol. The molecule has 2 aromatic rings. The summed E-state index contributed by atoms with van der Waals surface area (Å²) in [6, 6.07) is 12.2. The van der Waals surface area contributed by atoms with E-state index < -0.39 is 71.8 Å². The Labute approximate surface area is 316 Å². The molecule has 6 amide bonds. The molecule has 1 fully saturated rings. The Balaban J connectivity index is 1.43. The second kappa shape index (κ2) is 18.5. The Morgan fingerprint density at radius 2 is 1.56 bits per heavy atom. The number of carbonyl (C=O) groups excluding carboxylic acids is 7. The molecule has 54 heavy (non-hydrogen) atoms. The minimum absolute atomic E-state index is 0.0466. The summed E-state index contributed by atoms with van der Waals surface area (Å²) in [4.78, 5) is 95.9. The predicted molar refractivity (Wildman–Crippen MR) is 201 cm³/mol. The van der Waals surface area contributed by atoms with Crippen LogP contribution >= 0.6 is 0 Å². The van der Waals surface area contributed by atoms with Crippen molar-refractivity contribution in [1.82, 2.24) is 31.1 Å². The van der Waals surface area contributed by atoms with E-state index in [0.717, 1.165) is 11.1 Å². The second-order valence-electron chi connectivity index (χ2n) is 14.9. The molecule has 4 N–H and O–H groups in total. The number of carbonyl (C=O) groups is 7. The van der Waals surface area contributed by atoms with Crippen LogP contribution < -0.4 is 21.3 Å². The van der Waals surface area contributed by atoms with E-state index in [4.69, 9.17) is 4.74 Å². The molecule has 0 aromatic heterocycles. The van der Waals surface area contributed by atoms with E-state index >= 15 is 0 Å². The molecule has 0 spiro atoms. The van der Waals surface area contributed by atoms with Crippen LogP contribution in [-0.4, -0.2) is 102 Å². The van der Waals surface area contributed by atoms with Gasteiger partial charge in [-0.2, -0.15) is 0 Å². The molecule has 0 saturated carbocycles. The molecule has 1 aliphatic heterocycles. The number of allylic oxidation sites excluding steroid dienone is 1. The zero-order valence-corrected chi connectivity index (χ0v) is 31.7. The third-order valence-electron chi connectivity index (χ3n) is 9.38. The van der Waals surface area contributed by atoms with Gasteiger partial charge in [0.15, 0.2) is 0 Å². The molecule has 1 unspecified atom stereocenters. The van der Waals surface area contributed by atoms with Gasteiger partial charge >= 0.3 is 6.09 Å². The quantitative estimate of drug-likeness (QED) is 0.158. The number of Topliss-reactive ketones (excluding diaryl/α,β-unsaturated/α-hetero) is 1. The molecule has 0 radical (unpaired) electrons. The lowest BCUT2D eigenvalue weighted by Gasteiger charge is -2.32. The van der Waals surface area contributed by atoms with Crippen LogP contribution in [0, 0.1) is 5.92 Å². The summed E-state index contributed by atoms with van der Waals surface area (Å²) in [6.07, 6.45) is 3.06. The fourth-order valence-corrected chi connectivity index (χ4v) is 6.76. The standard InChI is InChI=1S/C40H52N6O8/c1-7-8-19-29(34(48)36(50)41-24-31(47)43-32(37(51)45(5)6)25-15-10-9-11-16-25)42-35(49)30-20-14-21-46(30)38(52)33(44-39(53)54-40(2,3)4)28-22-26-17-12-13-18-27(26)23-28/h7,9-13,15-18,28-30,32-33H,1,8,14,19-24H2,2-6H3,(H,41,50)(H,42,49)(H,43,47)(H,44,53)/t29?,30-,32-,33-/m0/s1. The third kappa shape index (κ3) is 11.0. The number of nitrogens with zero attached hydrogens (tertiary/aromatic N) is 2. The van der Waals surface area contributed by atoms with Gasteiger partial charge in [-0.05, 0) is 81.9 Å². The SMILES string of the molecule is C=CCCC(NC(=O)[C@@H]1CCCN1C(=O)[C@@H](NC(=O)OC(C)(C)C)C1Cc2ccccc2C1)C(=O)C(=O)NCC(=O)N[C@H](C(=O)N(C)C)c1ccccc1. The Hall–Kier alpha value is -5.53. The van der Waals surface area contributed by atoms with Gasteiger partial charge in [0.25, 0.3) is 5.91 Å². The highest BCUT2D eigenvalue weighted by Gasteiger charge is 2.43. The van der Waals surface area contributed by atoms with Crippen molar-refractivity contribution in [2.75, 3.05) is 27.2 Å². The first-order valence-corrected chi connectivity index (χ1v) is 18.2. The molecule has 4 rings (SSSR count). The molecule has 290 valence electrons. The van der Waals surface area contributed by atoms with Gasteiger partial charge in [0.2, 0.25) is 29.4 Å². The van der Waals surface area contributed by atoms with Gasteiger partial charge in [0.1, 0.15) is 23.7 Å². The monoisotopic (exact) mass is 744 g/mol. The number of alkyl carbamates (subject to hydrolysis) is 1. The topological polar surface area (TPSA) is 183 Å². The number of nitrogens with one attached hydrogen (secondary N) is 4. The maximum atomic E-state index is 14.3. The van der Waals surface area contributed by atoms with Crippen LogP contribution in [-0.2, 0) is 46.3 Å². The first-order valence-electron chi connectivity index (χ1n) is 18.2. The van der Waals surface area contributed by atoms with Crippen molar-refractivity contribution in [2.45, 2.75) is 89.1 Å². The van der Waals surface area contributed by atoms with E-state index in [-0.39, 0.29) is 31.2 Å². The van der Waals surface area contributed by atoms with Crippen LogP contribution in [0.15, 0.2) is 67.3 Å². The smallest absolute Gasteiger partial charge is 0.408 e. The number of ether oxygens (including phenoxy) is 1. The van der Waals surface area contributed by atoms with Gasteiger partial charge < -0.3 is 35.8 Å². The molecule has 2 aliphatic rings. The highest BCUT2D eigenvalue weighted by atomic mass is 16.6. The molecule has 0 bridgehead atoms. The summed E-state index contributed by atoms with van der Waals surface area (Å²) >= 11 is 0. The van der Waals surface area contributed by atoms with Crippen molar-refractivity contribution in [1.29, 1.82) is 0 Å². The minimum atomic E-state index is -1.27. The Kier molecular flexibility index (Phi) is 14.1. The summed E-state index contributed by atoms with van der Waals surface area (Å²) in [7, 11) is 3.11. The van der Waals surface area contributed by atoms with Gasteiger partial charge in [-0.15, -0.1) is 6.58 Å².